The van der Waals surface area contributed by atoms with Crippen molar-refractivity contribution in [1.29, 1.82) is 0 Å². The lowest BCUT2D eigenvalue weighted by molar-refractivity contribution is -0.137. The molecule has 0 saturated carbocycles. The molecule has 1 aliphatic rings. The molecule has 2 bridgehead atoms. The number of ether oxygens (including phenoxy) is 2. The maximum atomic E-state index is 12.6. The van der Waals surface area contributed by atoms with Crippen LogP contribution in [0.4, 0.5) is 0 Å². The fourth-order valence-electron chi connectivity index (χ4n) is 4.08. The fourth-order valence-corrected chi connectivity index (χ4v) is 4.08. The zero-order chi connectivity index (χ0) is 25.0. The van der Waals surface area contributed by atoms with Crippen molar-refractivity contribution >= 4 is 11.9 Å². The fraction of sp³-hybridized carbons (Fsp3) is 0.500. The van der Waals surface area contributed by atoms with Crippen LogP contribution >= 0.6 is 0 Å². The van der Waals surface area contributed by atoms with Crippen LogP contribution in [-0.4, -0.2) is 61.3 Å². The molecule has 0 aromatic heterocycles. The molecule has 0 aliphatic carbocycles. The molecular formula is C28H38N2O5. The van der Waals surface area contributed by atoms with E-state index in [0.29, 0.717) is 50.7 Å². The number of hydrogen-bond donors (Lipinski definition) is 2. The lowest BCUT2D eigenvalue weighted by Gasteiger charge is -2.24. The molecular weight excluding hydrogens is 444 g/mol. The van der Waals surface area contributed by atoms with Crippen LogP contribution < -0.4 is 10.1 Å². The third-order valence-electron chi connectivity index (χ3n) is 6.03. The Bertz CT molecular complexity index is 976. The SMILES string of the molecule is CC(C)CCN1CCOCCOc2ccc(C(=O)NCCCC(=O)O)cc2Cc2cccc(c2)C1. The summed E-state index contributed by atoms with van der Waals surface area (Å²) in [5.41, 5.74) is 3.91. The Hall–Kier alpha value is -2.90. The van der Waals surface area contributed by atoms with Crippen molar-refractivity contribution in [3.63, 3.8) is 0 Å². The summed E-state index contributed by atoms with van der Waals surface area (Å²) in [4.78, 5) is 25.8. The van der Waals surface area contributed by atoms with Gasteiger partial charge in [-0.25, -0.2) is 0 Å². The van der Waals surface area contributed by atoms with Crippen molar-refractivity contribution in [2.24, 2.45) is 5.92 Å². The third-order valence-corrected chi connectivity index (χ3v) is 6.03. The second-order valence-corrected chi connectivity index (χ2v) is 9.49. The van der Waals surface area contributed by atoms with E-state index in [2.05, 4.69) is 48.3 Å². The first kappa shape index (κ1) is 26.7. The summed E-state index contributed by atoms with van der Waals surface area (Å²) in [6, 6.07) is 14.1. The van der Waals surface area contributed by atoms with Gasteiger partial charge < -0.3 is 19.9 Å². The van der Waals surface area contributed by atoms with Gasteiger partial charge in [0.2, 0.25) is 0 Å². The number of benzene rings is 2. The van der Waals surface area contributed by atoms with Gasteiger partial charge in [-0.05, 0) is 60.2 Å². The second kappa shape index (κ2) is 13.9. The number of nitrogens with zero attached hydrogens (tertiary/aromatic N) is 1. The van der Waals surface area contributed by atoms with E-state index in [1.54, 1.807) is 6.07 Å². The van der Waals surface area contributed by atoms with Crippen LogP contribution in [-0.2, 0) is 22.5 Å². The number of carbonyl (C=O) groups is 2. The number of nitrogens with one attached hydrogen (secondary N) is 1. The topological polar surface area (TPSA) is 88.1 Å². The van der Waals surface area contributed by atoms with Gasteiger partial charge in [0.05, 0.1) is 13.2 Å². The van der Waals surface area contributed by atoms with Crippen LogP contribution in [0.2, 0.25) is 0 Å². The average molecular weight is 483 g/mol. The van der Waals surface area contributed by atoms with Crippen LogP contribution in [0.3, 0.4) is 0 Å². The Balaban J connectivity index is 1.77. The molecule has 7 heteroatoms. The zero-order valence-corrected chi connectivity index (χ0v) is 20.9. The number of amides is 1. The molecule has 7 nitrogen and oxygen atoms in total. The number of carboxylic acid groups (broad SMARTS) is 1. The Morgan fingerprint density at radius 2 is 1.91 bits per heavy atom. The number of carboxylic acids is 1. The monoisotopic (exact) mass is 482 g/mol. The van der Waals surface area contributed by atoms with Crippen molar-refractivity contribution in [3.05, 3.63) is 64.7 Å². The summed E-state index contributed by atoms with van der Waals surface area (Å²) >= 11 is 0. The van der Waals surface area contributed by atoms with Crippen molar-refractivity contribution < 1.29 is 24.2 Å². The predicted octanol–water partition coefficient (Wildman–Crippen LogP) is 4.13. The number of rotatable bonds is 8. The number of hydrogen-bond acceptors (Lipinski definition) is 5. The molecule has 0 spiro atoms. The largest absolute Gasteiger partial charge is 0.491 e. The van der Waals surface area contributed by atoms with Crippen LogP contribution in [0.25, 0.3) is 0 Å². The third kappa shape index (κ3) is 9.34. The summed E-state index contributed by atoms with van der Waals surface area (Å²) < 4.78 is 11.9. The van der Waals surface area contributed by atoms with Gasteiger partial charge in [0.15, 0.2) is 0 Å². The molecule has 0 unspecified atom stereocenters. The summed E-state index contributed by atoms with van der Waals surface area (Å²) in [7, 11) is 0. The Kier molecular flexibility index (Phi) is 10.6. The number of aliphatic carboxylic acids is 1. The van der Waals surface area contributed by atoms with Crippen molar-refractivity contribution in [3.8, 4) is 5.75 Å². The van der Waals surface area contributed by atoms with Gasteiger partial charge in [0.1, 0.15) is 12.4 Å². The van der Waals surface area contributed by atoms with Crippen LogP contribution in [0, 0.1) is 5.92 Å². The highest BCUT2D eigenvalue weighted by Gasteiger charge is 2.14. The van der Waals surface area contributed by atoms with Crippen molar-refractivity contribution in [2.45, 2.75) is 46.1 Å². The molecule has 1 amide bonds. The summed E-state index contributed by atoms with van der Waals surface area (Å²) in [6.07, 6.45) is 2.23. The van der Waals surface area contributed by atoms with Crippen LogP contribution in [0.15, 0.2) is 42.5 Å². The van der Waals surface area contributed by atoms with Gasteiger partial charge in [-0.2, -0.15) is 0 Å². The molecule has 3 rings (SSSR count). The normalized spacial score (nSPS) is 15.1. The first-order chi connectivity index (χ1) is 16.9. The summed E-state index contributed by atoms with van der Waals surface area (Å²) in [6.45, 7) is 9.25. The highest BCUT2D eigenvalue weighted by molar-refractivity contribution is 5.94. The molecule has 0 radical (unpaired) electrons. The van der Waals surface area contributed by atoms with Crippen molar-refractivity contribution in [2.75, 3.05) is 39.5 Å². The van der Waals surface area contributed by atoms with E-state index >= 15 is 0 Å². The standard InChI is InChI=1S/C28H38N2O5/c1-21(2)10-12-30-13-14-34-15-16-35-26-9-8-24(28(33)29-11-4-7-27(31)32)19-25(26)18-22-5-3-6-23(17-22)20-30/h3,5-6,8-9,17,19,21H,4,7,10-16,18,20H2,1-2H3,(H,29,33)(H,31,32). The van der Waals surface area contributed by atoms with Crippen molar-refractivity contribution in [1.82, 2.24) is 10.2 Å². The van der Waals surface area contributed by atoms with E-state index in [1.165, 1.54) is 11.1 Å². The predicted molar refractivity (Wildman–Crippen MR) is 136 cm³/mol. The van der Waals surface area contributed by atoms with Gasteiger partial charge in [-0.3, -0.25) is 14.5 Å². The molecule has 190 valence electrons. The Labute approximate surface area is 208 Å². The maximum absolute atomic E-state index is 12.6. The lowest BCUT2D eigenvalue weighted by Crippen LogP contribution is -2.29. The molecule has 2 aromatic carbocycles. The lowest BCUT2D eigenvalue weighted by atomic mass is 9.99. The van der Waals surface area contributed by atoms with E-state index < -0.39 is 5.97 Å². The van der Waals surface area contributed by atoms with Gasteiger partial charge in [0, 0.05) is 38.0 Å². The Morgan fingerprint density at radius 1 is 1.09 bits per heavy atom. The van der Waals surface area contributed by atoms with E-state index in [9.17, 15) is 9.59 Å². The van der Waals surface area contributed by atoms with Gasteiger partial charge in [-0.15, -0.1) is 0 Å². The number of carbonyl (C=O) groups excluding carboxylic acids is 1. The van der Waals surface area contributed by atoms with Crippen LogP contribution in [0.1, 0.15) is 60.2 Å². The molecule has 2 aromatic rings. The molecule has 0 saturated heterocycles. The second-order valence-electron chi connectivity index (χ2n) is 9.49. The molecule has 1 heterocycles. The maximum Gasteiger partial charge on any atom is 0.303 e. The Morgan fingerprint density at radius 3 is 2.71 bits per heavy atom. The van der Waals surface area contributed by atoms with E-state index in [0.717, 1.165) is 37.4 Å². The first-order valence-corrected chi connectivity index (χ1v) is 12.5. The minimum atomic E-state index is -0.864. The smallest absolute Gasteiger partial charge is 0.303 e. The molecule has 1 aliphatic heterocycles. The minimum absolute atomic E-state index is 0.0334. The number of fused-ring (bicyclic) bond motifs is 3. The highest BCUT2D eigenvalue weighted by Crippen LogP contribution is 2.25. The molecule has 0 fully saturated rings. The van der Waals surface area contributed by atoms with E-state index in [-0.39, 0.29) is 12.3 Å². The van der Waals surface area contributed by atoms with Gasteiger partial charge in [-0.1, -0.05) is 38.1 Å². The summed E-state index contributed by atoms with van der Waals surface area (Å²) in [5.74, 6) is 0.327. The first-order valence-electron chi connectivity index (χ1n) is 12.5. The highest BCUT2D eigenvalue weighted by atomic mass is 16.5. The van der Waals surface area contributed by atoms with Crippen LogP contribution in [0.5, 0.6) is 5.75 Å². The average Bonchev–Trinajstić information content (AvgIpc) is 2.82. The minimum Gasteiger partial charge on any atom is -0.491 e. The summed E-state index contributed by atoms with van der Waals surface area (Å²) in [5, 5.41) is 11.6. The molecule has 35 heavy (non-hydrogen) atoms. The quantitative estimate of drug-likeness (QED) is 0.550. The van der Waals surface area contributed by atoms with Gasteiger partial charge in [0.25, 0.3) is 5.91 Å². The molecule has 0 atom stereocenters. The van der Waals surface area contributed by atoms with Gasteiger partial charge >= 0.3 is 5.97 Å². The van der Waals surface area contributed by atoms with E-state index in [4.69, 9.17) is 14.6 Å². The molecule has 2 N–H and O–H groups in total. The zero-order valence-electron chi connectivity index (χ0n) is 20.9. The van der Waals surface area contributed by atoms with E-state index in [1.807, 2.05) is 12.1 Å².